The quantitative estimate of drug-likeness (QED) is 0.755. The number of anilines is 3. The molecule has 0 saturated carbocycles. The van der Waals surface area contributed by atoms with Gasteiger partial charge in [0, 0.05) is 36.6 Å². The number of nitrogens with two attached hydrogens (primary N) is 1. The minimum Gasteiger partial charge on any atom is -0.362 e. The molecule has 3 N–H and O–H groups in total. The Morgan fingerprint density at radius 1 is 1.07 bits per heavy atom. The maximum atomic E-state index is 12.7. The number of primary sulfonamides is 1. The second kappa shape index (κ2) is 8.08. The van der Waals surface area contributed by atoms with Crippen molar-refractivity contribution >= 4 is 38.9 Å². The Bertz CT molecular complexity index is 1100. The summed E-state index contributed by atoms with van der Waals surface area (Å²) >= 11 is 0. The Balaban J connectivity index is 1.49. The molecule has 0 aliphatic carbocycles. The number of benzene rings is 2. The standard InChI is InChI=1S/C21H24N4O4S/c22-30(28,29)19-9-2-8-18-17(19)7-3-11-24(18)14-20(26)23-15-5-1-6-16(13-15)25-12-4-10-21(25)27/h1-2,5-6,8-9,13H,3-4,7,10-12,14H2,(H,23,26)(H2,22,28,29). The molecule has 2 amide bonds. The molecule has 1 saturated heterocycles. The van der Waals surface area contributed by atoms with Gasteiger partial charge in [0.1, 0.15) is 0 Å². The maximum Gasteiger partial charge on any atom is 0.243 e. The van der Waals surface area contributed by atoms with Gasteiger partial charge in [-0.15, -0.1) is 0 Å². The van der Waals surface area contributed by atoms with Gasteiger partial charge in [0.05, 0.1) is 11.4 Å². The van der Waals surface area contributed by atoms with Crippen molar-refractivity contribution in [1.29, 1.82) is 0 Å². The SMILES string of the molecule is NS(=O)(=O)c1cccc2c1CCCN2CC(=O)Nc1cccc(N2CCCC2=O)c1. The summed E-state index contributed by atoms with van der Waals surface area (Å²) in [5, 5.41) is 8.23. The molecule has 2 aromatic carbocycles. The second-order valence-electron chi connectivity index (χ2n) is 7.57. The van der Waals surface area contributed by atoms with Gasteiger partial charge >= 0.3 is 0 Å². The zero-order chi connectivity index (χ0) is 21.3. The van der Waals surface area contributed by atoms with Crippen LogP contribution in [0.3, 0.4) is 0 Å². The van der Waals surface area contributed by atoms with E-state index in [1.165, 1.54) is 6.07 Å². The molecule has 30 heavy (non-hydrogen) atoms. The van der Waals surface area contributed by atoms with Crippen LogP contribution in [0.5, 0.6) is 0 Å². The molecule has 0 aromatic heterocycles. The first-order chi connectivity index (χ1) is 14.3. The van der Waals surface area contributed by atoms with Crippen LogP contribution in [0.2, 0.25) is 0 Å². The van der Waals surface area contributed by atoms with Crippen molar-refractivity contribution in [2.24, 2.45) is 5.14 Å². The van der Waals surface area contributed by atoms with Gasteiger partial charge in [-0.25, -0.2) is 13.6 Å². The van der Waals surface area contributed by atoms with Gasteiger partial charge in [-0.1, -0.05) is 12.1 Å². The van der Waals surface area contributed by atoms with Gasteiger partial charge in [0.2, 0.25) is 21.8 Å². The van der Waals surface area contributed by atoms with Crippen molar-refractivity contribution in [1.82, 2.24) is 0 Å². The van der Waals surface area contributed by atoms with E-state index in [4.69, 9.17) is 5.14 Å². The summed E-state index contributed by atoms with van der Waals surface area (Å²) in [6.45, 7) is 1.43. The zero-order valence-corrected chi connectivity index (χ0v) is 17.3. The lowest BCUT2D eigenvalue weighted by molar-refractivity contribution is -0.117. The van der Waals surface area contributed by atoms with E-state index in [-0.39, 0.29) is 23.3 Å². The van der Waals surface area contributed by atoms with Crippen LogP contribution in [-0.2, 0) is 26.0 Å². The predicted octanol–water partition coefficient (Wildman–Crippen LogP) is 1.85. The molecule has 1 fully saturated rings. The molecule has 0 radical (unpaired) electrons. The number of hydrogen-bond donors (Lipinski definition) is 2. The summed E-state index contributed by atoms with van der Waals surface area (Å²) in [5.74, 6) is -0.122. The predicted molar refractivity (Wildman–Crippen MR) is 115 cm³/mol. The Morgan fingerprint density at radius 2 is 1.83 bits per heavy atom. The smallest absolute Gasteiger partial charge is 0.243 e. The van der Waals surface area contributed by atoms with Crippen LogP contribution in [-0.4, -0.2) is 39.9 Å². The van der Waals surface area contributed by atoms with Gasteiger partial charge in [-0.2, -0.15) is 0 Å². The lowest BCUT2D eigenvalue weighted by Crippen LogP contribution is -2.37. The fourth-order valence-electron chi connectivity index (χ4n) is 4.15. The number of sulfonamides is 1. The van der Waals surface area contributed by atoms with Crippen LogP contribution in [0.15, 0.2) is 47.4 Å². The fourth-order valence-corrected chi connectivity index (χ4v) is 4.96. The van der Waals surface area contributed by atoms with Crippen molar-refractivity contribution in [3.05, 3.63) is 48.0 Å². The van der Waals surface area contributed by atoms with E-state index < -0.39 is 10.0 Å². The van der Waals surface area contributed by atoms with Crippen molar-refractivity contribution < 1.29 is 18.0 Å². The normalized spacial score (nSPS) is 16.5. The van der Waals surface area contributed by atoms with Crippen LogP contribution < -0.4 is 20.3 Å². The van der Waals surface area contributed by atoms with E-state index in [1.54, 1.807) is 23.1 Å². The Labute approximate surface area is 175 Å². The highest BCUT2D eigenvalue weighted by Crippen LogP contribution is 2.31. The third-order valence-electron chi connectivity index (χ3n) is 5.46. The minimum atomic E-state index is -3.82. The Hall–Kier alpha value is -2.91. The molecular weight excluding hydrogens is 404 g/mol. The summed E-state index contributed by atoms with van der Waals surface area (Å²) < 4.78 is 23.8. The largest absolute Gasteiger partial charge is 0.362 e. The number of nitrogens with one attached hydrogen (secondary N) is 1. The number of carbonyl (C=O) groups excluding carboxylic acids is 2. The molecule has 2 heterocycles. The number of carbonyl (C=O) groups is 2. The number of nitrogens with zero attached hydrogens (tertiary/aromatic N) is 2. The number of rotatable bonds is 5. The Morgan fingerprint density at radius 3 is 2.57 bits per heavy atom. The van der Waals surface area contributed by atoms with E-state index in [9.17, 15) is 18.0 Å². The molecular formula is C21H24N4O4S. The van der Waals surface area contributed by atoms with Gasteiger partial charge in [0.15, 0.2) is 0 Å². The molecule has 4 rings (SSSR count). The minimum absolute atomic E-state index is 0.0912. The highest BCUT2D eigenvalue weighted by molar-refractivity contribution is 7.89. The van der Waals surface area contributed by atoms with Crippen molar-refractivity contribution in [3.63, 3.8) is 0 Å². The first-order valence-corrected chi connectivity index (χ1v) is 11.5. The summed E-state index contributed by atoms with van der Waals surface area (Å²) in [4.78, 5) is 28.4. The van der Waals surface area contributed by atoms with Crippen molar-refractivity contribution in [3.8, 4) is 0 Å². The van der Waals surface area contributed by atoms with Gasteiger partial charge in [0.25, 0.3) is 0 Å². The van der Waals surface area contributed by atoms with E-state index >= 15 is 0 Å². The Kier molecular flexibility index (Phi) is 5.48. The lowest BCUT2D eigenvalue weighted by atomic mass is 10.0. The zero-order valence-electron chi connectivity index (χ0n) is 16.5. The van der Waals surface area contributed by atoms with Crippen LogP contribution >= 0.6 is 0 Å². The highest BCUT2D eigenvalue weighted by atomic mass is 32.2. The monoisotopic (exact) mass is 428 g/mol. The lowest BCUT2D eigenvalue weighted by Gasteiger charge is -2.31. The highest BCUT2D eigenvalue weighted by Gasteiger charge is 2.25. The first kappa shape index (κ1) is 20.4. The molecule has 2 aromatic rings. The molecule has 9 heteroatoms. The van der Waals surface area contributed by atoms with Crippen LogP contribution in [0.1, 0.15) is 24.8 Å². The summed E-state index contributed by atoms with van der Waals surface area (Å²) in [6, 6.07) is 12.2. The maximum absolute atomic E-state index is 12.7. The van der Waals surface area contributed by atoms with Crippen molar-refractivity contribution in [2.75, 3.05) is 34.8 Å². The molecule has 2 aliphatic rings. The number of hydrogen-bond acceptors (Lipinski definition) is 5. The van der Waals surface area contributed by atoms with E-state index in [1.807, 2.05) is 23.1 Å². The van der Waals surface area contributed by atoms with Crippen LogP contribution in [0, 0.1) is 0 Å². The summed E-state index contributed by atoms with van der Waals surface area (Å²) in [6.07, 6.45) is 2.72. The average molecular weight is 429 g/mol. The number of fused-ring (bicyclic) bond motifs is 1. The average Bonchev–Trinajstić information content (AvgIpc) is 3.13. The van der Waals surface area contributed by atoms with E-state index in [0.717, 1.165) is 24.2 Å². The topological polar surface area (TPSA) is 113 Å². The third kappa shape index (κ3) is 4.17. The second-order valence-corrected chi connectivity index (χ2v) is 9.10. The summed E-state index contributed by atoms with van der Waals surface area (Å²) in [5.41, 5.74) is 2.78. The first-order valence-electron chi connectivity index (χ1n) is 9.93. The number of amides is 2. The van der Waals surface area contributed by atoms with E-state index in [0.29, 0.717) is 37.2 Å². The molecule has 0 unspecified atom stereocenters. The van der Waals surface area contributed by atoms with Crippen LogP contribution in [0.25, 0.3) is 0 Å². The molecule has 0 bridgehead atoms. The molecule has 158 valence electrons. The fraction of sp³-hybridized carbons (Fsp3) is 0.333. The van der Waals surface area contributed by atoms with E-state index in [2.05, 4.69) is 5.32 Å². The molecule has 0 atom stereocenters. The molecule has 0 spiro atoms. The van der Waals surface area contributed by atoms with Gasteiger partial charge < -0.3 is 15.1 Å². The summed E-state index contributed by atoms with van der Waals surface area (Å²) in [7, 11) is -3.82. The van der Waals surface area contributed by atoms with Gasteiger partial charge in [-0.05, 0) is 55.2 Å². The third-order valence-corrected chi connectivity index (χ3v) is 6.46. The van der Waals surface area contributed by atoms with Crippen molar-refractivity contribution in [2.45, 2.75) is 30.6 Å². The molecule has 8 nitrogen and oxygen atoms in total. The molecule has 2 aliphatic heterocycles. The van der Waals surface area contributed by atoms with Crippen LogP contribution in [0.4, 0.5) is 17.1 Å². The van der Waals surface area contributed by atoms with Gasteiger partial charge in [-0.3, -0.25) is 9.59 Å².